The first-order valence-electron chi connectivity index (χ1n) is 6.50. The summed E-state index contributed by atoms with van der Waals surface area (Å²) in [6.45, 7) is 2.78. The maximum Gasteiger partial charge on any atom is 0.176 e. The number of hydrogen-bond donors (Lipinski definition) is 0. The van der Waals surface area contributed by atoms with Crippen LogP contribution in [-0.4, -0.2) is 29.5 Å². The number of thioether (sulfide) groups is 1. The predicted octanol–water partition coefficient (Wildman–Crippen LogP) is 3.54. The summed E-state index contributed by atoms with van der Waals surface area (Å²) in [7, 11) is 0. The topological polar surface area (TPSA) is 26.3 Å². The Morgan fingerprint density at radius 3 is 3.11 bits per heavy atom. The van der Waals surface area contributed by atoms with Crippen LogP contribution in [0.1, 0.15) is 34.5 Å². The van der Waals surface area contributed by atoms with Crippen LogP contribution >= 0.6 is 23.1 Å². The molecule has 3 heterocycles. The maximum atomic E-state index is 12.6. The van der Waals surface area contributed by atoms with Gasteiger partial charge in [0.05, 0.1) is 10.5 Å². The van der Waals surface area contributed by atoms with E-state index in [1.165, 1.54) is 5.75 Å². The first-order chi connectivity index (χ1) is 8.70. The van der Waals surface area contributed by atoms with Crippen molar-refractivity contribution in [1.82, 2.24) is 0 Å². The Labute approximate surface area is 116 Å². The second-order valence-corrected chi connectivity index (χ2v) is 7.34. The molecule has 1 aromatic rings. The Hall–Kier alpha value is -0.320. The van der Waals surface area contributed by atoms with E-state index in [0.717, 1.165) is 42.1 Å². The molecule has 0 radical (unpaired) electrons. The normalized spacial score (nSPS) is 31.9. The molecule has 0 aliphatic carbocycles. The molecule has 3 rings (SSSR count). The van der Waals surface area contributed by atoms with Crippen molar-refractivity contribution >= 4 is 28.9 Å². The lowest BCUT2D eigenvalue weighted by molar-refractivity contribution is -0.0734. The number of ether oxygens (including phenoxy) is 1. The van der Waals surface area contributed by atoms with Crippen molar-refractivity contribution in [3.8, 4) is 0 Å². The van der Waals surface area contributed by atoms with Crippen LogP contribution in [-0.2, 0) is 4.74 Å². The van der Waals surface area contributed by atoms with Gasteiger partial charge < -0.3 is 4.74 Å². The van der Waals surface area contributed by atoms with Crippen LogP contribution in [0.15, 0.2) is 11.4 Å². The number of ketones is 1. The number of Topliss-reactive ketones (excluding diaryl/α,β-unsaturated/α-hetero) is 1. The summed E-state index contributed by atoms with van der Waals surface area (Å²) in [6, 6.07) is 2.04. The fourth-order valence-electron chi connectivity index (χ4n) is 2.93. The van der Waals surface area contributed by atoms with Crippen LogP contribution in [0.5, 0.6) is 0 Å². The molecular weight excluding hydrogens is 264 g/mol. The van der Waals surface area contributed by atoms with Crippen LogP contribution < -0.4 is 0 Å². The minimum absolute atomic E-state index is 0.00834. The molecule has 0 amide bonds. The lowest BCUT2D eigenvalue weighted by Crippen LogP contribution is -2.42. The van der Waals surface area contributed by atoms with E-state index in [1.807, 2.05) is 30.1 Å². The molecule has 18 heavy (non-hydrogen) atoms. The quantitative estimate of drug-likeness (QED) is 0.776. The predicted molar refractivity (Wildman–Crippen MR) is 76.7 cm³/mol. The summed E-state index contributed by atoms with van der Waals surface area (Å²) in [5.74, 6) is 2.77. The first-order valence-corrected chi connectivity index (χ1v) is 8.54. The number of thiophene rings is 1. The van der Waals surface area contributed by atoms with Gasteiger partial charge in [-0.05, 0) is 48.9 Å². The number of aryl methyl sites for hydroxylation is 1. The largest absolute Gasteiger partial charge is 0.374 e. The van der Waals surface area contributed by atoms with E-state index in [9.17, 15) is 4.79 Å². The van der Waals surface area contributed by atoms with E-state index in [1.54, 1.807) is 11.3 Å². The highest BCUT2D eigenvalue weighted by atomic mass is 32.2. The summed E-state index contributed by atoms with van der Waals surface area (Å²) < 4.78 is 5.98. The van der Waals surface area contributed by atoms with Crippen LogP contribution in [0.3, 0.4) is 0 Å². The zero-order valence-electron chi connectivity index (χ0n) is 10.6. The molecule has 0 N–H and O–H groups in total. The molecule has 2 saturated heterocycles. The summed E-state index contributed by atoms with van der Waals surface area (Å²) in [6.07, 6.45) is 2.93. The van der Waals surface area contributed by atoms with Gasteiger partial charge >= 0.3 is 0 Å². The molecule has 2 atom stereocenters. The molecule has 2 aliphatic heterocycles. The molecule has 2 unspecified atom stereocenters. The maximum absolute atomic E-state index is 12.6. The van der Waals surface area contributed by atoms with Gasteiger partial charge in [0, 0.05) is 18.3 Å². The van der Waals surface area contributed by atoms with Crippen molar-refractivity contribution in [3.05, 3.63) is 21.9 Å². The van der Waals surface area contributed by atoms with Gasteiger partial charge in [-0.25, -0.2) is 0 Å². The van der Waals surface area contributed by atoms with E-state index in [0.29, 0.717) is 5.78 Å². The van der Waals surface area contributed by atoms with Crippen molar-refractivity contribution in [1.29, 1.82) is 0 Å². The van der Waals surface area contributed by atoms with Crippen LogP contribution in [0.25, 0.3) is 0 Å². The minimum atomic E-state index is 0.00834. The zero-order chi connectivity index (χ0) is 12.6. The molecule has 2 nitrogen and oxygen atoms in total. The number of hydrogen-bond acceptors (Lipinski definition) is 4. The van der Waals surface area contributed by atoms with Crippen molar-refractivity contribution in [2.24, 2.45) is 5.92 Å². The molecule has 4 heteroatoms. The Kier molecular flexibility index (Phi) is 3.52. The molecule has 98 valence electrons. The van der Waals surface area contributed by atoms with Gasteiger partial charge in [0.2, 0.25) is 0 Å². The molecule has 0 saturated carbocycles. The average Bonchev–Trinajstić information content (AvgIpc) is 2.98. The standard InChI is InChI=1S/C14H18O2S2/c1-10-3-6-18-13(10)12(15)11-2-5-16-14(8-11)4-7-17-9-14/h3,6,11H,2,4-5,7-9H2,1H3. The van der Waals surface area contributed by atoms with Crippen molar-refractivity contribution in [2.45, 2.75) is 31.8 Å². The highest BCUT2D eigenvalue weighted by Gasteiger charge is 2.42. The van der Waals surface area contributed by atoms with E-state index < -0.39 is 0 Å². The number of rotatable bonds is 2. The van der Waals surface area contributed by atoms with E-state index >= 15 is 0 Å². The highest BCUT2D eigenvalue weighted by molar-refractivity contribution is 7.99. The summed E-state index contributed by atoms with van der Waals surface area (Å²) in [4.78, 5) is 13.5. The monoisotopic (exact) mass is 282 g/mol. The van der Waals surface area contributed by atoms with Gasteiger partial charge in [-0.2, -0.15) is 11.8 Å². The van der Waals surface area contributed by atoms with Crippen molar-refractivity contribution in [3.63, 3.8) is 0 Å². The summed E-state index contributed by atoms with van der Waals surface area (Å²) in [5.41, 5.74) is 1.14. The van der Waals surface area contributed by atoms with Gasteiger partial charge in [0.1, 0.15) is 0 Å². The molecular formula is C14H18O2S2. The van der Waals surface area contributed by atoms with Gasteiger partial charge in [-0.1, -0.05) is 0 Å². The van der Waals surface area contributed by atoms with Gasteiger partial charge in [-0.3, -0.25) is 4.79 Å². The fourth-order valence-corrected chi connectivity index (χ4v) is 5.25. The molecule has 1 spiro atoms. The van der Waals surface area contributed by atoms with Gasteiger partial charge in [0.15, 0.2) is 5.78 Å². The second kappa shape index (κ2) is 4.99. The van der Waals surface area contributed by atoms with Crippen LogP contribution in [0.4, 0.5) is 0 Å². The van der Waals surface area contributed by atoms with E-state index in [-0.39, 0.29) is 11.5 Å². The van der Waals surface area contributed by atoms with Gasteiger partial charge in [0.25, 0.3) is 0 Å². The smallest absolute Gasteiger partial charge is 0.176 e. The van der Waals surface area contributed by atoms with Crippen molar-refractivity contribution in [2.75, 3.05) is 18.1 Å². The Bertz CT molecular complexity index is 446. The summed E-state index contributed by atoms with van der Waals surface area (Å²) >= 11 is 3.55. The Balaban J connectivity index is 1.76. The number of carbonyl (C=O) groups is 1. The fraction of sp³-hybridized carbons (Fsp3) is 0.643. The van der Waals surface area contributed by atoms with Gasteiger partial charge in [-0.15, -0.1) is 11.3 Å². The lowest BCUT2D eigenvalue weighted by atomic mass is 9.82. The van der Waals surface area contributed by atoms with E-state index in [2.05, 4.69) is 0 Å². The first kappa shape index (κ1) is 12.7. The Morgan fingerprint density at radius 2 is 2.44 bits per heavy atom. The van der Waals surface area contributed by atoms with Crippen molar-refractivity contribution < 1.29 is 9.53 Å². The third kappa shape index (κ3) is 2.26. The van der Waals surface area contributed by atoms with E-state index in [4.69, 9.17) is 4.74 Å². The minimum Gasteiger partial charge on any atom is -0.374 e. The van der Waals surface area contributed by atoms with Crippen LogP contribution in [0.2, 0.25) is 0 Å². The highest BCUT2D eigenvalue weighted by Crippen LogP contribution is 2.41. The lowest BCUT2D eigenvalue weighted by Gasteiger charge is -2.37. The Morgan fingerprint density at radius 1 is 1.56 bits per heavy atom. The summed E-state index contributed by atoms with van der Waals surface area (Å²) in [5, 5.41) is 2.02. The molecule has 2 fully saturated rings. The molecule has 0 aromatic carbocycles. The van der Waals surface area contributed by atoms with Crippen LogP contribution in [0, 0.1) is 12.8 Å². The SMILES string of the molecule is Cc1ccsc1C(=O)C1CCOC2(CCSC2)C1. The molecule has 2 aliphatic rings. The third-order valence-electron chi connectivity index (χ3n) is 4.02. The third-order valence-corrected chi connectivity index (χ3v) is 6.27. The zero-order valence-corrected chi connectivity index (χ0v) is 12.2. The molecule has 1 aromatic heterocycles. The average molecular weight is 282 g/mol. The molecule has 0 bridgehead atoms. The number of carbonyl (C=O) groups excluding carboxylic acids is 1. The second-order valence-electron chi connectivity index (χ2n) is 5.32.